The number of anilines is 3. The Kier molecular flexibility index (Phi) is 3.57. The topological polar surface area (TPSA) is 38.0 Å². The molecule has 106 valence electrons. The van der Waals surface area contributed by atoms with Crippen LogP contribution in [0.5, 0.6) is 0 Å². The van der Waals surface area contributed by atoms with E-state index in [2.05, 4.69) is 5.32 Å². The Balaban J connectivity index is 2.32. The highest BCUT2D eigenvalue weighted by molar-refractivity contribution is 5.64. The molecule has 0 unspecified atom stereocenters. The van der Waals surface area contributed by atoms with Gasteiger partial charge in [-0.2, -0.15) is 13.2 Å². The summed E-state index contributed by atoms with van der Waals surface area (Å²) in [6.07, 6.45) is -4.72. The number of hydrogen-bond acceptors (Lipinski definition) is 2. The largest absolute Gasteiger partial charge is 0.419 e. The average Bonchev–Trinajstić information content (AvgIpc) is 2.35. The van der Waals surface area contributed by atoms with Crippen molar-refractivity contribution in [3.05, 3.63) is 53.3 Å². The Morgan fingerprint density at radius 1 is 1.00 bits per heavy atom. The van der Waals surface area contributed by atoms with Crippen molar-refractivity contribution >= 4 is 17.1 Å². The second kappa shape index (κ2) is 5.03. The zero-order valence-corrected chi connectivity index (χ0v) is 10.6. The zero-order chi connectivity index (χ0) is 14.9. The van der Waals surface area contributed by atoms with Crippen LogP contribution >= 0.6 is 0 Å². The summed E-state index contributed by atoms with van der Waals surface area (Å²) in [5.74, 6) is -1.29. The molecule has 6 heteroatoms. The molecule has 3 N–H and O–H groups in total. The third-order valence-electron chi connectivity index (χ3n) is 2.83. The molecule has 0 aliphatic carbocycles. The van der Waals surface area contributed by atoms with Gasteiger partial charge in [0.1, 0.15) is 5.82 Å². The van der Waals surface area contributed by atoms with Gasteiger partial charge in [-0.15, -0.1) is 0 Å². The first-order valence-corrected chi connectivity index (χ1v) is 5.77. The van der Waals surface area contributed by atoms with Gasteiger partial charge in [-0.1, -0.05) is 0 Å². The molecule has 0 amide bonds. The number of hydrogen-bond donors (Lipinski definition) is 2. The van der Waals surface area contributed by atoms with Crippen LogP contribution in [-0.4, -0.2) is 0 Å². The number of nitrogens with one attached hydrogen (secondary N) is 1. The van der Waals surface area contributed by atoms with Gasteiger partial charge in [-0.3, -0.25) is 0 Å². The molecule has 2 nitrogen and oxygen atoms in total. The van der Waals surface area contributed by atoms with Crippen LogP contribution in [-0.2, 0) is 6.18 Å². The highest BCUT2D eigenvalue weighted by atomic mass is 19.4. The van der Waals surface area contributed by atoms with E-state index in [-0.39, 0.29) is 5.69 Å². The van der Waals surface area contributed by atoms with Crippen LogP contribution in [0.4, 0.5) is 34.6 Å². The lowest BCUT2D eigenvalue weighted by Crippen LogP contribution is -2.08. The number of aryl methyl sites for hydroxylation is 1. The summed E-state index contributed by atoms with van der Waals surface area (Å²) in [7, 11) is 0. The lowest BCUT2D eigenvalue weighted by molar-refractivity contribution is -0.139. The van der Waals surface area contributed by atoms with Gasteiger partial charge in [-0.05, 0) is 48.9 Å². The third-order valence-corrected chi connectivity index (χ3v) is 2.83. The molecule has 20 heavy (non-hydrogen) atoms. The normalized spacial score (nSPS) is 11.4. The third kappa shape index (κ3) is 3.01. The summed E-state index contributed by atoms with van der Waals surface area (Å²) in [6.45, 7) is 1.78. The first kappa shape index (κ1) is 14.2. The summed E-state index contributed by atoms with van der Waals surface area (Å²) < 4.78 is 51.0. The average molecular weight is 284 g/mol. The van der Waals surface area contributed by atoms with E-state index in [4.69, 9.17) is 5.73 Å². The summed E-state index contributed by atoms with van der Waals surface area (Å²) in [6, 6.07) is 7.75. The maximum Gasteiger partial charge on any atom is 0.419 e. The fourth-order valence-electron chi connectivity index (χ4n) is 1.74. The fourth-order valence-corrected chi connectivity index (χ4v) is 1.74. The van der Waals surface area contributed by atoms with Crippen LogP contribution in [0.15, 0.2) is 36.4 Å². The van der Waals surface area contributed by atoms with Crippen molar-refractivity contribution in [2.75, 3.05) is 11.1 Å². The van der Waals surface area contributed by atoms with Gasteiger partial charge in [0.15, 0.2) is 0 Å². The number of halogens is 4. The van der Waals surface area contributed by atoms with Crippen LogP contribution in [0.2, 0.25) is 0 Å². The van der Waals surface area contributed by atoms with Gasteiger partial charge in [0.05, 0.1) is 5.56 Å². The highest BCUT2D eigenvalue weighted by Crippen LogP contribution is 2.33. The van der Waals surface area contributed by atoms with Gasteiger partial charge in [0.2, 0.25) is 0 Å². The Morgan fingerprint density at radius 2 is 1.60 bits per heavy atom. The maximum absolute atomic E-state index is 13.2. The Labute approximate surface area is 113 Å². The minimum absolute atomic E-state index is 0.155. The van der Waals surface area contributed by atoms with E-state index in [1.165, 1.54) is 6.07 Å². The van der Waals surface area contributed by atoms with Crippen molar-refractivity contribution in [1.29, 1.82) is 0 Å². The maximum atomic E-state index is 13.2. The Hall–Kier alpha value is -2.24. The van der Waals surface area contributed by atoms with Crippen molar-refractivity contribution < 1.29 is 17.6 Å². The summed E-state index contributed by atoms with van der Waals surface area (Å²) in [5, 5.41) is 2.79. The molecule has 0 saturated heterocycles. The molecule has 0 atom stereocenters. The second-order valence-electron chi connectivity index (χ2n) is 4.39. The standard InChI is InChI=1S/C14H12F4N2/c1-8-6-9(3-5-13(8)19)20-10-2-4-12(15)11(7-10)14(16,17)18/h2-7,20H,19H2,1H3. The summed E-state index contributed by atoms with van der Waals surface area (Å²) >= 11 is 0. The molecular weight excluding hydrogens is 272 g/mol. The number of nitrogen functional groups attached to an aromatic ring is 1. The number of rotatable bonds is 2. The van der Waals surface area contributed by atoms with Crippen LogP contribution in [0.1, 0.15) is 11.1 Å². The van der Waals surface area contributed by atoms with Crippen molar-refractivity contribution in [2.24, 2.45) is 0 Å². The number of alkyl halides is 3. The smallest absolute Gasteiger partial charge is 0.399 e. The summed E-state index contributed by atoms with van der Waals surface area (Å²) in [4.78, 5) is 0. The fraction of sp³-hybridized carbons (Fsp3) is 0.143. The van der Waals surface area contributed by atoms with Crippen molar-refractivity contribution in [3.8, 4) is 0 Å². The minimum atomic E-state index is -4.72. The van der Waals surface area contributed by atoms with E-state index in [1.54, 1.807) is 25.1 Å². The number of nitrogens with two attached hydrogens (primary N) is 1. The van der Waals surface area contributed by atoms with Gasteiger partial charge in [-0.25, -0.2) is 4.39 Å². The van der Waals surface area contributed by atoms with E-state index in [0.717, 1.165) is 17.7 Å². The van der Waals surface area contributed by atoms with E-state index < -0.39 is 17.6 Å². The van der Waals surface area contributed by atoms with Gasteiger partial charge in [0.25, 0.3) is 0 Å². The first-order chi connectivity index (χ1) is 9.27. The molecule has 0 fully saturated rings. The lowest BCUT2D eigenvalue weighted by atomic mass is 10.1. The van der Waals surface area contributed by atoms with Crippen molar-refractivity contribution in [2.45, 2.75) is 13.1 Å². The van der Waals surface area contributed by atoms with Crippen molar-refractivity contribution in [1.82, 2.24) is 0 Å². The molecule has 0 aliphatic heterocycles. The lowest BCUT2D eigenvalue weighted by Gasteiger charge is -2.12. The molecule has 0 radical (unpaired) electrons. The molecule has 0 aliphatic rings. The highest BCUT2D eigenvalue weighted by Gasteiger charge is 2.34. The van der Waals surface area contributed by atoms with Gasteiger partial charge in [0, 0.05) is 17.1 Å². The predicted octanol–water partition coefficient (Wildman–Crippen LogP) is 4.48. The molecule has 0 heterocycles. The molecule has 0 bridgehead atoms. The van der Waals surface area contributed by atoms with E-state index in [1.807, 2.05) is 0 Å². The molecular formula is C14H12F4N2. The van der Waals surface area contributed by atoms with Crippen molar-refractivity contribution in [3.63, 3.8) is 0 Å². The van der Waals surface area contributed by atoms with E-state index in [0.29, 0.717) is 11.4 Å². The van der Waals surface area contributed by atoms with E-state index >= 15 is 0 Å². The minimum Gasteiger partial charge on any atom is -0.399 e. The molecule has 0 spiro atoms. The second-order valence-corrected chi connectivity index (χ2v) is 4.39. The van der Waals surface area contributed by atoms with Crippen LogP contribution in [0.25, 0.3) is 0 Å². The van der Waals surface area contributed by atoms with Gasteiger partial charge < -0.3 is 11.1 Å². The molecule has 0 aromatic heterocycles. The first-order valence-electron chi connectivity index (χ1n) is 5.77. The monoisotopic (exact) mass is 284 g/mol. The molecule has 2 rings (SSSR count). The summed E-state index contributed by atoms with van der Waals surface area (Å²) in [5.41, 5.74) is 6.48. The Morgan fingerprint density at radius 3 is 2.20 bits per heavy atom. The SMILES string of the molecule is Cc1cc(Nc2ccc(F)c(C(F)(F)F)c2)ccc1N. The molecule has 0 saturated carbocycles. The molecule has 2 aromatic carbocycles. The predicted molar refractivity (Wildman–Crippen MR) is 70.3 cm³/mol. The van der Waals surface area contributed by atoms with Gasteiger partial charge >= 0.3 is 6.18 Å². The molecule has 2 aromatic rings. The van der Waals surface area contributed by atoms with Crippen LogP contribution in [0, 0.1) is 12.7 Å². The Bertz CT molecular complexity index is 636. The van der Waals surface area contributed by atoms with Crippen LogP contribution in [0.3, 0.4) is 0 Å². The number of benzene rings is 2. The zero-order valence-electron chi connectivity index (χ0n) is 10.6. The quantitative estimate of drug-likeness (QED) is 0.630. The van der Waals surface area contributed by atoms with Crippen LogP contribution < -0.4 is 11.1 Å². The van der Waals surface area contributed by atoms with E-state index in [9.17, 15) is 17.6 Å².